The van der Waals surface area contributed by atoms with Gasteiger partial charge in [0.2, 0.25) is 0 Å². The smallest absolute Gasteiger partial charge is 0.328 e. The maximum atomic E-state index is 11.2. The van der Waals surface area contributed by atoms with Crippen molar-refractivity contribution in [2.75, 3.05) is 0 Å². The van der Waals surface area contributed by atoms with E-state index in [1.54, 1.807) is 0 Å². The van der Waals surface area contributed by atoms with Crippen molar-refractivity contribution in [2.45, 2.75) is 20.8 Å². The topological polar surface area (TPSA) is 116 Å². The molecule has 0 aromatic heterocycles. The van der Waals surface area contributed by atoms with Gasteiger partial charge in [0.25, 0.3) is 0 Å². The lowest BCUT2D eigenvalue weighted by Gasteiger charge is -2.13. The van der Waals surface area contributed by atoms with Crippen molar-refractivity contribution in [1.29, 1.82) is 0 Å². The molecule has 0 aliphatic rings. The van der Waals surface area contributed by atoms with Gasteiger partial charge in [-0.25, -0.2) is 4.79 Å². The molecule has 8 heteroatoms. The molecule has 1 aromatic carbocycles. The highest BCUT2D eigenvalue weighted by Crippen LogP contribution is 2.36. The van der Waals surface area contributed by atoms with Crippen LogP contribution in [0.5, 0.6) is 17.2 Å². The molecule has 1 rings (SSSR count). The molecule has 0 saturated carbocycles. The first-order chi connectivity index (χ1) is 10.7. The fourth-order valence-corrected chi connectivity index (χ4v) is 1.60. The number of benzene rings is 1. The van der Waals surface area contributed by atoms with Crippen LogP contribution >= 0.6 is 0 Å². The zero-order chi connectivity index (χ0) is 17.6. The molecule has 0 saturated heterocycles. The molecular weight excluding hydrogens is 308 g/mol. The van der Waals surface area contributed by atoms with E-state index in [0.717, 1.165) is 32.9 Å². The number of aliphatic carboxylic acids is 1. The first kappa shape index (κ1) is 17.9. The Labute approximate surface area is 131 Å². The van der Waals surface area contributed by atoms with Crippen LogP contribution in [0.15, 0.2) is 18.2 Å². The monoisotopic (exact) mass is 322 g/mol. The number of carbonyl (C=O) groups is 4. The molecule has 8 nitrogen and oxygen atoms in total. The second kappa shape index (κ2) is 7.74. The Bertz CT molecular complexity index is 650. The van der Waals surface area contributed by atoms with Crippen LogP contribution in [0.1, 0.15) is 26.3 Å². The van der Waals surface area contributed by atoms with Gasteiger partial charge in [-0.05, 0) is 6.08 Å². The first-order valence-corrected chi connectivity index (χ1v) is 6.33. The summed E-state index contributed by atoms with van der Waals surface area (Å²) in [5, 5.41) is 8.72. The molecule has 23 heavy (non-hydrogen) atoms. The average molecular weight is 322 g/mol. The van der Waals surface area contributed by atoms with Gasteiger partial charge >= 0.3 is 23.9 Å². The summed E-state index contributed by atoms with van der Waals surface area (Å²) in [4.78, 5) is 44.1. The van der Waals surface area contributed by atoms with Gasteiger partial charge in [-0.3, -0.25) is 14.4 Å². The Morgan fingerprint density at radius 3 is 1.65 bits per heavy atom. The summed E-state index contributed by atoms with van der Waals surface area (Å²) in [5.41, 5.74) is 0.0358. The Hall–Kier alpha value is -3.16. The van der Waals surface area contributed by atoms with E-state index in [-0.39, 0.29) is 22.8 Å². The molecule has 0 bridgehead atoms. The van der Waals surface area contributed by atoms with E-state index in [0.29, 0.717) is 0 Å². The summed E-state index contributed by atoms with van der Waals surface area (Å²) in [7, 11) is 0. The van der Waals surface area contributed by atoms with E-state index in [4.69, 9.17) is 19.3 Å². The lowest BCUT2D eigenvalue weighted by atomic mass is 10.1. The maximum absolute atomic E-state index is 11.2. The maximum Gasteiger partial charge on any atom is 0.328 e. The van der Waals surface area contributed by atoms with Crippen LogP contribution < -0.4 is 14.2 Å². The molecular formula is C15H14O8. The van der Waals surface area contributed by atoms with Gasteiger partial charge in [-0.2, -0.15) is 0 Å². The summed E-state index contributed by atoms with van der Waals surface area (Å²) >= 11 is 0. The van der Waals surface area contributed by atoms with Gasteiger partial charge in [0, 0.05) is 39.0 Å². The van der Waals surface area contributed by atoms with Crippen LogP contribution in [0.2, 0.25) is 0 Å². The lowest BCUT2D eigenvalue weighted by Crippen LogP contribution is -2.09. The minimum Gasteiger partial charge on any atom is -0.478 e. The number of hydrogen-bond donors (Lipinski definition) is 1. The molecule has 0 aliphatic carbocycles. The normalized spacial score (nSPS) is 10.2. The number of esters is 3. The number of rotatable bonds is 5. The van der Waals surface area contributed by atoms with E-state index >= 15 is 0 Å². The van der Waals surface area contributed by atoms with Crippen LogP contribution in [-0.4, -0.2) is 29.0 Å². The molecule has 1 N–H and O–H groups in total. The SMILES string of the molecule is CC(=O)Oc1cc(OC(C)=O)c(C=CC(=O)O)c(OC(C)=O)c1. The fourth-order valence-electron chi connectivity index (χ4n) is 1.60. The van der Waals surface area contributed by atoms with Crippen molar-refractivity contribution in [3.8, 4) is 17.2 Å². The molecule has 0 aliphatic heterocycles. The summed E-state index contributed by atoms with van der Waals surface area (Å²) < 4.78 is 14.8. The van der Waals surface area contributed by atoms with E-state index < -0.39 is 23.9 Å². The fraction of sp³-hybridized carbons (Fsp3) is 0.200. The summed E-state index contributed by atoms with van der Waals surface area (Å²) in [6, 6.07) is 2.41. The van der Waals surface area contributed by atoms with Crippen molar-refractivity contribution >= 4 is 30.0 Å². The minimum absolute atomic E-state index is 0.0301. The van der Waals surface area contributed by atoms with Gasteiger partial charge < -0.3 is 19.3 Å². The van der Waals surface area contributed by atoms with Crippen molar-refractivity contribution in [3.63, 3.8) is 0 Å². The summed E-state index contributed by atoms with van der Waals surface area (Å²) in [5.74, 6) is -3.54. The Kier molecular flexibility index (Phi) is 6.02. The highest BCUT2D eigenvalue weighted by molar-refractivity contribution is 5.88. The number of hydrogen-bond acceptors (Lipinski definition) is 7. The highest BCUT2D eigenvalue weighted by Gasteiger charge is 2.16. The summed E-state index contributed by atoms with van der Waals surface area (Å²) in [6.07, 6.45) is 1.87. The number of carbonyl (C=O) groups excluding carboxylic acids is 3. The van der Waals surface area contributed by atoms with Crippen molar-refractivity contribution in [1.82, 2.24) is 0 Å². The molecule has 0 radical (unpaired) electrons. The zero-order valence-electron chi connectivity index (χ0n) is 12.6. The van der Waals surface area contributed by atoms with E-state index in [2.05, 4.69) is 0 Å². The first-order valence-electron chi connectivity index (χ1n) is 6.33. The van der Waals surface area contributed by atoms with Gasteiger partial charge in [0.05, 0.1) is 5.56 Å². The summed E-state index contributed by atoms with van der Waals surface area (Å²) in [6.45, 7) is 3.43. The molecule has 0 unspecified atom stereocenters. The molecule has 0 heterocycles. The highest BCUT2D eigenvalue weighted by atomic mass is 16.6. The van der Waals surface area contributed by atoms with Crippen LogP contribution in [0.3, 0.4) is 0 Å². The van der Waals surface area contributed by atoms with E-state index in [9.17, 15) is 19.2 Å². The Morgan fingerprint density at radius 2 is 1.30 bits per heavy atom. The van der Waals surface area contributed by atoms with E-state index in [1.165, 1.54) is 12.1 Å². The van der Waals surface area contributed by atoms with Gasteiger partial charge in [-0.15, -0.1) is 0 Å². The van der Waals surface area contributed by atoms with Crippen LogP contribution in [0.4, 0.5) is 0 Å². The van der Waals surface area contributed by atoms with Crippen molar-refractivity contribution in [3.05, 3.63) is 23.8 Å². The van der Waals surface area contributed by atoms with Crippen LogP contribution in [0.25, 0.3) is 6.08 Å². The number of carboxylic acid groups (broad SMARTS) is 1. The van der Waals surface area contributed by atoms with Crippen molar-refractivity contribution in [2.24, 2.45) is 0 Å². The molecule has 122 valence electrons. The van der Waals surface area contributed by atoms with Crippen LogP contribution in [0, 0.1) is 0 Å². The number of carboxylic acids is 1. The third kappa shape index (κ3) is 6.00. The standard InChI is InChI=1S/C15H14O8/c1-8(16)21-11-6-13(22-9(2)17)12(4-5-15(19)20)14(7-11)23-10(3)18/h4-7H,1-3H3,(H,19,20). The van der Waals surface area contributed by atoms with E-state index in [1.807, 2.05) is 0 Å². The predicted molar refractivity (Wildman–Crippen MR) is 77.0 cm³/mol. The third-order valence-corrected chi connectivity index (χ3v) is 2.24. The second-order valence-corrected chi connectivity index (χ2v) is 4.29. The minimum atomic E-state index is -1.25. The van der Waals surface area contributed by atoms with Gasteiger partial charge in [0.1, 0.15) is 17.2 Å². The molecule has 0 spiro atoms. The molecule has 0 fully saturated rings. The Balaban J connectivity index is 3.50. The second-order valence-electron chi connectivity index (χ2n) is 4.29. The largest absolute Gasteiger partial charge is 0.478 e. The third-order valence-electron chi connectivity index (χ3n) is 2.24. The molecule has 0 amide bonds. The molecule has 1 aromatic rings. The van der Waals surface area contributed by atoms with Gasteiger partial charge in [-0.1, -0.05) is 0 Å². The lowest BCUT2D eigenvalue weighted by molar-refractivity contribution is -0.132. The van der Waals surface area contributed by atoms with Crippen molar-refractivity contribution < 1.29 is 38.5 Å². The zero-order valence-corrected chi connectivity index (χ0v) is 12.6. The predicted octanol–water partition coefficient (Wildman–Crippen LogP) is 1.56. The van der Waals surface area contributed by atoms with Gasteiger partial charge in [0.15, 0.2) is 0 Å². The van der Waals surface area contributed by atoms with Crippen LogP contribution in [-0.2, 0) is 19.2 Å². The quantitative estimate of drug-likeness (QED) is 0.493. The number of ether oxygens (including phenoxy) is 3. The average Bonchev–Trinajstić information content (AvgIpc) is 2.34. The molecule has 0 atom stereocenters. The Morgan fingerprint density at radius 1 is 0.870 bits per heavy atom.